The Kier molecular flexibility index (Phi) is 14.0. The fraction of sp³-hybridized carbons (Fsp3) is 0.250. The standard InChI is InChI=1S/C40H42N4O4/c1-7-43(21-23-47-39(45)29(3)4)37-17-11-31(12-18-37)9-15-33-25-36(28-42)34(26-35(33)27-41)16-10-32-13-19-38(20-14-32)44(8-2)22-24-48-40(46)30(5)6/h9-20,25-26H,3,5,7-8,21-24H2,1-2,4,6H3. The van der Waals surface area contributed by atoms with E-state index in [1.54, 1.807) is 26.0 Å². The molecule has 3 rings (SSSR count). The Labute approximate surface area is 284 Å². The van der Waals surface area contributed by atoms with Crippen LogP contribution in [0.1, 0.15) is 61.1 Å². The molecule has 0 saturated carbocycles. The number of carbonyl (C=O) groups excluding carboxylic acids is 2. The van der Waals surface area contributed by atoms with E-state index in [9.17, 15) is 20.1 Å². The molecule has 0 atom stereocenters. The van der Waals surface area contributed by atoms with Gasteiger partial charge in [-0.15, -0.1) is 0 Å². The van der Waals surface area contributed by atoms with Crippen molar-refractivity contribution in [1.29, 1.82) is 10.5 Å². The molecule has 0 unspecified atom stereocenters. The Bertz CT molecular complexity index is 1630. The van der Waals surface area contributed by atoms with Gasteiger partial charge in [-0.1, -0.05) is 61.7 Å². The molecular formula is C40H42N4O4. The predicted molar refractivity (Wildman–Crippen MR) is 194 cm³/mol. The molecule has 0 fully saturated rings. The highest BCUT2D eigenvalue weighted by atomic mass is 16.5. The number of esters is 2. The number of nitriles is 2. The van der Waals surface area contributed by atoms with Crippen LogP contribution in [0.15, 0.2) is 85.0 Å². The van der Waals surface area contributed by atoms with Crippen LogP contribution in [0.5, 0.6) is 0 Å². The number of anilines is 2. The lowest BCUT2D eigenvalue weighted by Gasteiger charge is -2.23. The molecule has 0 aliphatic carbocycles. The van der Waals surface area contributed by atoms with E-state index >= 15 is 0 Å². The summed E-state index contributed by atoms with van der Waals surface area (Å²) < 4.78 is 10.5. The van der Waals surface area contributed by atoms with Crippen LogP contribution in [-0.2, 0) is 19.1 Å². The van der Waals surface area contributed by atoms with Gasteiger partial charge in [0.05, 0.1) is 36.4 Å². The molecule has 0 bridgehead atoms. The van der Waals surface area contributed by atoms with Gasteiger partial charge in [0.15, 0.2) is 0 Å². The molecule has 0 saturated heterocycles. The maximum absolute atomic E-state index is 11.7. The number of nitrogens with zero attached hydrogens (tertiary/aromatic N) is 4. The van der Waals surface area contributed by atoms with Crippen molar-refractivity contribution in [2.75, 3.05) is 49.2 Å². The molecular weight excluding hydrogens is 600 g/mol. The molecule has 0 N–H and O–H groups in total. The lowest BCUT2D eigenvalue weighted by Crippen LogP contribution is -2.28. The smallest absolute Gasteiger partial charge is 0.333 e. The van der Waals surface area contributed by atoms with Gasteiger partial charge in [-0.25, -0.2) is 9.59 Å². The Morgan fingerprint density at radius 2 is 1.02 bits per heavy atom. The number of carbonyl (C=O) groups is 2. The number of benzene rings is 3. The number of hydrogen-bond acceptors (Lipinski definition) is 8. The molecule has 0 radical (unpaired) electrons. The number of hydrogen-bond donors (Lipinski definition) is 0. The Hall–Kier alpha value is -5.86. The van der Waals surface area contributed by atoms with E-state index in [-0.39, 0.29) is 13.2 Å². The third kappa shape index (κ3) is 10.6. The molecule has 0 aliphatic heterocycles. The zero-order valence-corrected chi connectivity index (χ0v) is 28.2. The van der Waals surface area contributed by atoms with E-state index < -0.39 is 11.9 Å². The van der Waals surface area contributed by atoms with Crippen LogP contribution in [0.2, 0.25) is 0 Å². The first-order chi connectivity index (χ1) is 23.1. The molecule has 0 aliphatic rings. The van der Waals surface area contributed by atoms with E-state index in [0.29, 0.717) is 46.5 Å². The van der Waals surface area contributed by atoms with Crippen LogP contribution in [-0.4, -0.2) is 51.3 Å². The van der Waals surface area contributed by atoms with Crippen LogP contribution < -0.4 is 9.80 Å². The first-order valence-corrected chi connectivity index (χ1v) is 15.8. The lowest BCUT2D eigenvalue weighted by molar-refractivity contribution is -0.139. The number of rotatable bonds is 16. The zero-order chi connectivity index (χ0) is 35.1. The largest absolute Gasteiger partial charge is 0.460 e. The summed E-state index contributed by atoms with van der Waals surface area (Å²) in [5.74, 6) is -0.787. The summed E-state index contributed by atoms with van der Waals surface area (Å²) in [7, 11) is 0. The maximum atomic E-state index is 11.7. The average molecular weight is 643 g/mol. The molecule has 0 spiro atoms. The van der Waals surface area contributed by atoms with Crippen molar-refractivity contribution in [2.45, 2.75) is 27.7 Å². The highest BCUT2D eigenvalue weighted by Crippen LogP contribution is 2.23. The first kappa shape index (κ1) is 36.6. The van der Waals surface area contributed by atoms with Crippen LogP contribution in [0.4, 0.5) is 11.4 Å². The average Bonchev–Trinajstić information content (AvgIpc) is 3.10. The molecule has 0 amide bonds. The van der Waals surface area contributed by atoms with Crippen molar-refractivity contribution in [3.63, 3.8) is 0 Å². The van der Waals surface area contributed by atoms with Crippen molar-refractivity contribution in [3.8, 4) is 12.1 Å². The third-order valence-electron chi connectivity index (χ3n) is 7.54. The van der Waals surface area contributed by atoms with Gasteiger partial charge >= 0.3 is 11.9 Å². The van der Waals surface area contributed by atoms with E-state index in [4.69, 9.17) is 9.47 Å². The van der Waals surface area contributed by atoms with E-state index in [1.165, 1.54) is 0 Å². The molecule has 8 nitrogen and oxygen atoms in total. The van der Waals surface area contributed by atoms with Gasteiger partial charge in [0.25, 0.3) is 0 Å². The third-order valence-corrected chi connectivity index (χ3v) is 7.54. The van der Waals surface area contributed by atoms with Crippen molar-refractivity contribution < 1.29 is 19.1 Å². The molecule has 246 valence electrons. The highest BCUT2D eigenvalue weighted by molar-refractivity contribution is 5.87. The quantitative estimate of drug-likeness (QED) is 0.0891. The Morgan fingerprint density at radius 3 is 1.31 bits per heavy atom. The van der Waals surface area contributed by atoms with Gasteiger partial charge < -0.3 is 19.3 Å². The van der Waals surface area contributed by atoms with Crippen LogP contribution in [0.25, 0.3) is 24.3 Å². The number of ether oxygens (including phenoxy) is 2. The van der Waals surface area contributed by atoms with Gasteiger partial charge in [0.1, 0.15) is 13.2 Å². The van der Waals surface area contributed by atoms with Crippen LogP contribution >= 0.6 is 0 Å². The Morgan fingerprint density at radius 1 is 0.667 bits per heavy atom. The summed E-state index contributed by atoms with van der Waals surface area (Å²) in [6.45, 7) is 17.7. The van der Waals surface area contributed by atoms with E-state index in [2.05, 4.69) is 35.1 Å². The highest BCUT2D eigenvalue weighted by Gasteiger charge is 2.10. The second-order valence-electron chi connectivity index (χ2n) is 11.1. The maximum Gasteiger partial charge on any atom is 0.333 e. The minimum absolute atomic E-state index is 0.270. The topological polar surface area (TPSA) is 107 Å². The van der Waals surface area contributed by atoms with E-state index in [1.807, 2.05) is 86.7 Å². The van der Waals surface area contributed by atoms with Gasteiger partial charge in [-0.2, -0.15) is 10.5 Å². The summed E-state index contributed by atoms with van der Waals surface area (Å²) in [6.07, 6.45) is 7.50. The first-order valence-electron chi connectivity index (χ1n) is 15.8. The summed E-state index contributed by atoms with van der Waals surface area (Å²) in [4.78, 5) is 27.6. The van der Waals surface area contributed by atoms with Crippen LogP contribution in [0.3, 0.4) is 0 Å². The predicted octanol–water partition coefficient (Wildman–Crippen LogP) is 7.66. The van der Waals surface area contributed by atoms with Crippen molar-refractivity contribution in [1.82, 2.24) is 0 Å². The summed E-state index contributed by atoms with van der Waals surface area (Å²) in [6, 6.07) is 23.9. The van der Waals surface area contributed by atoms with Crippen molar-refractivity contribution in [3.05, 3.63) is 118 Å². The van der Waals surface area contributed by atoms with Gasteiger partial charge in [0, 0.05) is 35.6 Å². The SMILES string of the molecule is C=C(C)C(=O)OCCN(CC)c1ccc(C=Cc2cc(C#N)c(C=Cc3ccc(N(CC)CCOC(=O)C(=C)C)cc3)cc2C#N)cc1. The molecule has 3 aromatic carbocycles. The van der Waals surface area contributed by atoms with Gasteiger partial charge in [0.2, 0.25) is 0 Å². The molecule has 0 heterocycles. The molecule has 8 heteroatoms. The lowest BCUT2D eigenvalue weighted by atomic mass is 9.97. The molecule has 48 heavy (non-hydrogen) atoms. The van der Waals surface area contributed by atoms with Crippen molar-refractivity contribution in [2.24, 2.45) is 0 Å². The molecule has 0 aromatic heterocycles. The van der Waals surface area contributed by atoms with Gasteiger partial charge in [-0.3, -0.25) is 0 Å². The second-order valence-corrected chi connectivity index (χ2v) is 11.1. The minimum atomic E-state index is -0.393. The second kappa shape index (κ2) is 18.3. The Balaban J connectivity index is 1.69. The monoisotopic (exact) mass is 642 g/mol. The van der Waals surface area contributed by atoms with Crippen molar-refractivity contribution >= 4 is 47.6 Å². The minimum Gasteiger partial charge on any atom is -0.460 e. The molecule has 3 aromatic rings. The normalized spacial score (nSPS) is 10.7. The number of likely N-dealkylation sites (N-methyl/N-ethyl adjacent to an activating group) is 2. The van der Waals surface area contributed by atoms with E-state index in [0.717, 1.165) is 35.6 Å². The fourth-order valence-corrected chi connectivity index (χ4v) is 4.75. The van der Waals surface area contributed by atoms with Gasteiger partial charge in [-0.05, 0) is 86.3 Å². The summed E-state index contributed by atoms with van der Waals surface area (Å²) in [5.41, 5.74) is 6.87. The van der Waals surface area contributed by atoms with Crippen LogP contribution in [0, 0.1) is 22.7 Å². The zero-order valence-electron chi connectivity index (χ0n) is 28.2. The summed E-state index contributed by atoms with van der Waals surface area (Å²) >= 11 is 0. The fourth-order valence-electron chi connectivity index (χ4n) is 4.75. The summed E-state index contributed by atoms with van der Waals surface area (Å²) in [5, 5.41) is 19.8.